The van der Waals surface area contributed by atoms with Gasteiger partial charge in [-0.1, -0.05) is 55.5 Å². The summed E-state index contributed by atoms with van der Waals surface area (Å²) in [5.41, 5.74) is 2.85. The molecular formula is C26H22N2O4S. The van der Waals surface area contributed by atoms with E-state index in [2.05, 4.69) is 0 Å². The number of para-hydroxylation sites is 1. The molecule has 7 heteroatoms. The van der Waals surface area contributed by atoms with Gasteiger partial charge in [-0.15, -0.1) is 11.8 Å². The van der Waals surface area contributed by atoms with Crippen LogP contribution in [0.5, 0.6) is 5.75 Å². The number of amides is 3. The van der Waals surface area contributed by atoms with Gasteiger partial charge in [-0.2, -0.15) is 0 Å². The van der Waals surface area contributed by atoms with Crippen LogP contribution < -0.4 is 14.5 Å². The van der Waals surface area contributed by atoms with Crippen molar-refractivity contribution in [2.75, 3.05) is 15.6 Å². The number of nitrogens with zero attached hydrogens (tertiary/aromatic N) is 2. The third-order valence-electron chi connectivity index (χ3n) is 5.87. The number of hydrogen-bond donors (Lipinski definition) is 0. The van der Waals surface area contributed by atoms with E-state index >= 15 is 0 Å². The normalized spacial score (nSPS) is 19.3. The Morgan fingerprint density at radius 3 is 2.39 bits per heavy atom. The molecule has 1 spiro atoms. The van der Waals surface area contributed by atoms with Crippen molar-refractivity contribution in [2.24, 2.45) is 0 Å². The first kappa shape index (κ1) is 21.3. The van der Waals surface area contributed by atoms with Crippen LogP contribution in [0.4, 0.5) is 11.4 Å². The highest BCUT2D eigenvalue weighted by atomic mass is 32.2. The molecule has 2 heterocycles. The number of rotatable bonds is 5. The Balaban J connectivity index is 1.48. The molecule has 0 radical (unpaired) electrons. The number of carbonyl (C=O) groups excluding carboxylic acids is 3. The molecule has 1 saturated heterocycles. The van der Waals surface area contributed by atoms with Gasteiger partial charge in [0.2, 0.25) is 16.7 Å². The minimum absolute atomic E-state index is 0.153. The number of anilines is 2. The summed E-state index contributed by atoms with van der Waals surface area (Å²) in [5, 5.41) is 0. The van der Waals surface area contributed by atoms with E-state index in [1.54, 1.807) is 43.3 Å². The number of fused-ring (bicyclic) bond motifs is 2. The second-order valence-electron chi connectivity index (χ2n) is 7.84. The molecule has 1 atom stereocenters. The molecule has 0 bridgehead atoms. The molecule has 0 saturated carbocycles. The summed E-state index contributed by atoms with van der Waals surface area (Å²) in [4.78, 5) is 40.9. The number of ether oxygens (including phenoxy) is 1. The molecular weight excluding hydrogens is 436 g/mol. The van der Waals surface area contributed by atoms with Crippen LogP contribution in [0, 0.1) is 0 Å². The van der Waals surface area contributed by atoms with E-state index in [1.807, 2.05) is 42.5 Å². The van der Waals surface area contributed by atoms with Crippen LogP contribution in [-0.2, 0) is 25.9 Å². The summed E-state index contributed by atoms with van der Waals surface area (Å²) < 4.78 is 5.87. The Labute approximate surface area is 196 Å². The Morgan fingerprint density at radius 1 is 0.970 bits per heavy atom. The molecule has 2 aliphatic heterocycles. The number of hydrogen-bond acceptors (Lipinski definition) is 5. The van der Waals surface area contributed by atoms with Crippen LogP contribution in [0.3, 0.4) is 0 Å². The molecule has 5 rings (SSSR count). The lowest BCUT2D eigenvalue weighted by molar-refractivity contribution is -0.128. The molecule has 3 aromatic rings. The minimum Gasteiger partial charge on any atom is -0.489 e. The number of benzene rings is 3. The molecule has 33 heavy (non-hydrogen) atoms. The summed E-state index contributed by atoms with van der Waals surface area (Å²) in [5.74, 6) is -0.0333. The molecule has 0 aromatic heterocycles. The van der Waals surface area contributed by atoms with Gasteiger partial charge >= 0.3 is 0 Å². The van der Waals surface area contributed by atoms with E-state index in [-0.39, 0.29) is 24.0 Å². The van der Waals surface area contributed by atoms with Crippen LogP contribution in [0.1, 0.15) is 24.5 Å². The van der Waals surface area contributed by atoms with E-state index < -0.39 is 10.8 Å². The van der Waals surface area contributed by atoms with Crippen molar-refractivity contribution in [3.63, 3.8) is 0 Å². The first-order chi connectivity index (χ1) is 16.1. The van der Waals surface area contributed by atoms with Gasteiger partial charge in [0.05, 0.1) is 11.4 Å². The molecule has 6 nitrogen and oxygen atoms in total. The lowest BCUT2D eigenvalue weighted by atomic mass is 10.0. The van der Waals surface area contributed by atoms with Gasteiger partial charge in [0.1, 0.15) is 12.4 Å². The largest absolute Gasteiger partial charge is 0.489 e. The summed E-state index contributed by atoms with van der Waals surface area (Å²) in [6, 6.07) is 24.2. The molecule has 3 aromatic carbocycles. The van der Waals surface area contributed by atoms with E-state index in [1.165, 1.54) is 21.6 Å². The van der Waals surface area contributed by atoms with Crippen LogP contribution >= 0.6 is 11.8 Å². The molecule has 1 fully saturated rings. The quantitative estimate of drug-likeness (QED) is 0.564. The maximum atomic E-state index is 13.7. The van der Waals surface area contributed by atoms with Crippen molar-refractivity contribution in [1.29, 1.82) is 0 Å². The van der Waals surface area contributed by atoms with Gasteiger partial charge in [0.25, 0.3) is 5.91 Å². The minimum atomic E-state index is -1.29. The van der Waals surface area contributed by atoms with Gasteiger partial charge < -0.3 is 4.74 Å². The third-order valence-corrected chi connectivity index (χ3v) is 7.25. The van der Waals surface area contributed by atoms with Gasteiger partial charge in [0.15, 0.2) is 0 Å². The SMILES string of the molecule is CCC(=O)N1C(=O)C2(SCC(=O)N2c2ccc(OCc3ccccc3)cc2)c2ccccc21. The first-order valence-corrected chi connectivity index (χ1v) is 11.8. The zero-order valence-corrected chi connectivity index (χ0v) is 18.9. The highest BCUT2D eigenvalue weighted by molar-refractivity contribution is 8.02. The average molecular weight is 459 g/mol. The zero-order valence-electron chi connectivity index (χ0n) is 18.1. The predicted octanol–water partition coefficient (Wildman–Crippen LogP) is 4.48. The number of thioether (sulfide) groups is 1. The van der Waals surface area contributed by atoms with Crippen LogP contribution in [0.2, 0.25) is 0 Å². The second kappa shape index (κ2) is 8.41. The summed E-state index contributed by atoms with van der Waals surface area (Å²) in [7, 11) is 0. The van der Waals surface area contributed by atoms with Crippen molar-refractivity contribution in [3.05, 3.63) is 90.0 Å². The lowest BCUT2D eigenvalue weighted by Crippen LogP contribution is -2.50. The van der Waals surface area contributed by atoms with Crippen molar-refractivity contribution >= 4 is 40.9 Å². The number of carbonyl (C=O) groups is 3. The fraction of sp³-hybridized carbons (Fsp3) is 0.192. The van der Waals surface area contributed by atoms with Gasteiger partial charge in [-0.25, -0.2) is 4.90 Å². The van der Waals surface area contributed by atoms with Crippen molar-refractivity contribution in [1.82, 2.24) is 0 Å². The molecule has 1 unspecified atom stereocenters. The maximum absolute atomic E-state index is 13.7. The van der Waals surface area contributed by atoms with E-state index in [9.17, 15) is 14.4 Å². The maximum Gasteiger partial charge on any atom is 0.275 e. The highest BCUT2D eigenvalue weighted by Gasteiger charge is 2.62. The second-order valence-corrected chi connectivity index (χ2v) is 9.00. The molecule has 0 N–H and O–H groups in total. The Morgan fingerprint density at radius 2 is 1.67 bits per heavy atom. The summed E-state index contributed by atoms with van der Waals surface area (Å²) in [6.45, 7) is 2.16. The number of imide groups is 1. The highest BCUT2D eigenvalue weighted by Crippen LogP contribution is 2.55. The van der Waals surface area contributed by atoms with Crippen molar-refractivity contribution in [2.45, 2.75) is 24.8 Å². The van der Waals surface area contributed by atoms with E-state index in [4.69, 9.17) is 4.74 Å². The predicted molar refractivity (Wildman–Crippen MR) is 128 cm³/mol. The van der Waals surface area contributed by atoms with E-state index in [0.29, 0.717) is 29.3 Å². The third kappa shape index (κ3) is 3.40. The van der Waals surface area contributed by atoms with Gasteiger partial charge in [-0.05, 0) is 35.9 Å². The Bertz CT molecular complexity index is 1230. The Kier molecular flexibility index (Phi) is 5.42. The topological polar surface area (TPSA) is 66.9 Å². The van der Waals surface area contributed by atoms with Crippen molar-refractivity contribution in [3.8, 4) is 5.75 Å². The molecule has 0 aliphatic carbocycles. The van der Waals surface area contributed by atoms with Crippen molar-refractivity contribution < 1.29 is 19.1 Å². The molecule has 2 aliphatic rings. The van der Waals surface area contributed by atoms with Crippen LogP contribution in [0.25, 0.3) is 0 Å². The smallest absolute Gasteiger partial charge is 0.275 e. The lowest BCUT2D eigenvalue weighted by Gasteiger charge is -2.33. The van der Waals surface area contributed by atoms with Crippen LogP contribution in [-0.4, -0.2) is 23.5 Å². The Hall–Kier alpha value is -3.58. The molecule has 3 amide bonds. The fourth-order valence-corrected chi connectivity index (χ4v) is 5.66. The first-order valence-electron chi connectivity index (χ1n) is 10.8. The standard InChI is InChI=1S/C26H22N2O4S/c1-2-23(29)27-22-11-7-6-10-21(22)26(25(27)31)28(24(30)17-33-26)19-12-14-20(15-13-19)32-16-18-8-4-3-5-9-18/h3-15H,2,16-17H2,1H3. The average Bonchev–Trinajstić information content (AvgIpc) is 3.33. The van der Waals surface area contributed by atoms with E-state index in [0.717, 1.165) is 5.56 Å². The monoisotopic (exact) mass is 458 g/mol. The molecule has 166 valence electrons. The summed E-state index contributed by atoms with van der Waals surface area (Å²) >= 11 is 1.26. The van der Waals surface area contributed by atoms with Gasteiger partial charge in [-0.3, -0.25) is 19.3 Å². The van der Waals surface area contributed by atoms with Gasteiger partial charge in [0, 0.05) is 17.7 Å². The fourth-order valence-electron chi connectivity index (χ4n) is 4.32. The van der Waals surface area contributed by atoms with Crippen LogP contribution in [0.15, 0.2) is 78.9 Å². The zero-order chi connectivity index (χ0) is 23.0. The summed E-state index contributed by atoms with van der Waals surface area (Å²) in [6.07, 6.45) is 0.197.